The number of nitrogens with two attached hydrogens (primary N) is 2. The summed E-state index contributed by atoms with van der Waals surface area (Å²) in [6.07, 6.45) is -0.217. The molecule has 0 fully saturated rings. The summed E-state index contributed by atoms with van der Waals surface area (Å²) in [5, 5.41) is 13.3. The molecule has 0 saturated heterocycles. The molecule has 0 aliphatic heterocycles. The Balaban J connectivity index is 4.07. The lowest BCUT2D eigenvalue weighted by Crippen LogP contribution is -2.43. The minimum atomic E-state index is -0.819. The summed E-state index contributed by atoms with van der Waals surface area (Å²) in [7, 11) is 0. The molecule has 0 saturated carbocycles. The van der Waals surface area contributed by atoms with Gasteiger partial charge in [-0.25, -0.2) is 0 Å². The Morgan fingerprint density at radius 3 is 2.33 bits per heavy atom. The Hall–Kier alpha value is -1.79. The lowest BCUT2D eigenvalue weighted by molar-refractivity contribution is -0.126. The fourth-order valence-electron chi connectivity index (χ4n) is 0.669. The van der Waals surface area contributed by atoms with E-state index in [9.17, 15) is 9.59 Å². The lowest BCUT2D eigenvalue weighted by Gasteiger charge is -2.20. The summed E-state index contributed by atoms with van der Waals surface area (Å²) >= 11 is 0. The first-order chi connectivity index (χ1) is 6.79. The van der Waals surface area contributed by atoms with E-state index in [0.29, 0.717) is 0 Å². The van der Waals surface area contributed by atoms with E-state index in [0.717, 1.165) is 0 Å². The first-order valence-corrected chi connectivity index (χ1v) is 4.32. The van der Waals surface area contributed by atoms with Crippen LogP contribution in [0.15, 0.2) is 5.16 Å². The number of nitrogens with one attached hydrogen (secondary N) is 1. The monoisotopic (exact) mass is 216 g/mol. The summed E-state index contributed by atoms with van der Waals surface area (Å²) in [5.74, 6) is -1.13. The van der Waals surface area contributed by atoms with Crippen LogP contribution in [0, 0.1) is 5.41 Å². The van der Waals surface area contributed by atoms with Gasteiger partial charge in [-0.2, -0.15) is 0 Å². The van der Waals surface area contributed by atoms with Gasteiger partial charge in [0, 0.05) is 6.54 Å². The second-order valence-corrected chi connectivity index (χ2v) is 3.79. The van der Waals surface area contributed by atoms with Crippen molar-refractivity contribution in [2.75, 3.05) is 6.54 Å². The third kappa shape index (κ3) is 4.84. The van der Waals surface area contributed by atoms with Crippen molar-refractivity contribution < 1.29 is 14.8 Å². The van der Waals surface area contributed by atoms with Gasteiger partial charge in [0.1, 0.15) is 5.84 Å². The van der Waals surface area contributed by atoms with E-state index in [-0.39, 0.29) is 18.8 Å². The average molecular weight is 216 g/mol. The average Bonchev–Trinajstić information content (AvgIpc) is 2.14. The number of hydrogen-bond acceptors (Lipinski definition) is 4. The molecule has 0 aromatic rings. The molecular formula is C8H16N4O3. The number of nitrogens with zero attached hydrogens (tertiary/aromatic N) is 1. The molecular weight excluding hydrogens is 200 g/mol. The van der Waals surface area contributed by atoms with Crippen LogP contribution in [-0.2, 0) is 9.59 Å². The van der Waals surface area contributed by atoms with Gasteiger partial charge in [0.25, 0.3) is 0 Å². The largest absolute Gasteiger partial charge is 0.409 e. The minimum absolute atomic E-state index is 0.111. The van der Waals surface area contributed by atoms with Crippen LogP contribution >= 0.6 is 0 Å². The number of primary amides is 1. The molecule has 0 unspecified atom stereocenters. The van der Waals surface area contributed by atoms with E-state index in [1.165, 1.54) is 0 Å². The molecule has 0 heterocycles. The van der Waals surface area contributed by atoms with Crippen molar-refractivity contribution in [2.24, 2.45) is 22.0 Å². The van der Waals surface area contributed by atoms with Gasteiger partial charge < -0.3 is 22.0 Å². The molecule has 7 heteroatoms. The zero-order valence-electron chi connectivity index (χ0n) is 8.78. The molecule has 0 aliphatic rings. The first-order valence-electron chi connectivity index (χ1n) is 4.32. The van der Waals surface area contributed by atoms with Crippen LogP contribution in [0.2, 0.25) is 0 Å². The van der Waals surface area contributed by atoms with Gasteiger partial charge in [-0.3, -0.25) is 9.59 Å². The molecule has 0 aliphatic carbocycles. The SMILES string of the molecule is CC(C)(CNC(=O)CC(N)=NO)C(N)=O. The van der Waals surface area contributed by atoms with Crippen molar-refractivity contribution in [3.05, 3.63) is 0 Å². The van der Waals surface area contributed by atoms with Gasteiger partial charge in [-0.1, -0.05) is 5.16 Å². The van der Waals surface area contributed by atoms with Crippen molar-refractivity contribution >= 4 is 17.6 Å². The standard InChI is InChI=1S/C8H16N4O3/c1-8(2,7(10)14)4-11-6(13)3-5(9)12-15/h15H,3-4H2,1-2H3,(H2,9,12)(H2,10,14)(H,11,13). The van der Waals surface area contributed by atoms with Crippen molar-refractivity contribution in [1.82, 2.24) is 5.32 Å². The number of hydrogen-bond donors (Lipinski definition) is 4. The van der Waals surface area contributed by atoms with Crippen LogP contribution in [0.4, 0.5) is 0 Å². The highest BCUT2D eigenvalue weighted by Gasteiger charge is 2.25. The number of rotatable bonds is 5. The maximum Gasteiger partial charge on any atom is 0.227 e. The summed E-state index contributed by atoms with van der Waals surface area (Å²) in [6.45, 7) is 3.33. The smallest absolute Gasteiger partial charge is 0.227 e. The van der Waals surface area contributed by atoms with Crippen LogP contribution in [0.5, 0.6) is 0 Å². The quantitative estimate of drug-likeness (QED) is 0.198. The topological polar surface area (TPSA) is 131 Å². The zero-order chi connectivity index (χ0) is 12.1. The Bertz CT molecular complexity index is 286. The van der Waals surface area contributed by atoms with Crippen LogP contribution in [-0.4, -0.2) is 29.4 Å². The summed E-state index contributed by atoms with van der Waals surface area (Å²) in [6, 6.07) is 0. The van der Waals surface area contributed by atoms with Crippen molar-refractivity contribution in [3.63, 3.8) is 0 Å². The zero-order valence-corrected chi connectivity index (χ0v) is 8.78. The van der Waals surface area contributed by atoms with Gasteiger partial charge in [0.15, 0.2) is 0 Å². The Morgan fingerprint density at radius 1 is 1.40 bits per heavy atom. The predicted molar refractivity (Wildman–Crippen MR) is 54.0 cm³/mol. The molecule has 0 radical (unpaired) electrons. The Labute approximate surface area is 87.5 Å². The fraction of sp³-hybridized carbons (Fsp3) is 0.625. The van der Waals surface area contributed by atoms with E-state index < -0.39 is 17.2 Å². The van der Waals surface area contributed by atoms with Gasteiger partial charge in [-0.05, 0) is 13.8 Å². The van der Waals surface area contributed by atoms with Gasteiger partial charge in [0.05, 0.1) is 11.8 Å². The second kappa shape index (κ2) is 5.18. The predicted octanol–water partition coefficient (Wildman–Crippen LogP) is -1.25. The Kier molecular flexibility index (Phi) is 4.56. The molecule has 15 heavy (non-hydrogen) atoms. The lowest BCUT2D eigenvalue weighted by atomic mass is 9.93. The third-order valence-corrected chi connectivity index (χ3v) is 1.86. The molecule has 86 valence electrons. The molecule has 0 aromatic heterocycles. The van der Waals surface area contributed by atoms with Crippen LogP contribution in [0.25, 0.3) is 0 Å². The molecule has 0 spiro atoms. The number of oxime groups is 1. The van der Waals surface area contributed by atoms with Crippen molar-refractivity contribution in [1.29, 1.82) is 0 Å². The molecule has 6 N–H and O–H groups in total. The molecule has 0 aromatic carbocycles. The van der Waals surface area contributed by atoms with Crippen molar-refractivity contribution in [2.45, 2.75) is 20.3 Å². The highest BCUT2D eigenvalue weighted by molar-refractivity contribution is 5.98. The molecule has 7 nitrogen and oxygen atoms in total. The number of carbonyl (C=O) groups is 2. The normalized spacial score (nSPS) is 12.3. The third-order valence-electron chi connectivity index (χ3n) is 1.86. The van der Waals surface area contributed by atoms with E-state index in [4.69, 9.17) is 16.7 Å². The summed E-state index contributed by atoms with van der Waals surface area (Å²) in [4.78, 5) is 22.0. The van der Waals surface area contributed by atoms with E-state index in [1.807, 2.05) is 0 Å². The van der Waals surface area contributed by atoms with Crippen LogP contribution < -0.4 is 16.8 Å². The van der Waals surface area contributed by atoms with Crippen molar-refractivity contribution in [3.8, 4) is 0 Å². The van der Waals surface area contributed by atoms with Gasteiger partial charge in [0.2, 0.25) is 11.8 Å². The highest BCUT2D eigenvalue weighted by atomic mass is 16.4. The molecule has 0 atom stereocenters. The molecule has 2 amide bonds. The second-order valence-electron chi connectivity index (χ2n) is 3.79. The van der Waals surface area contributed by atoms with E-state index >= 15 is 0 Å². The number of amidine groups is 1. The maximum absolute atomic E-state index is 11.1. The summed E-state index contributed by atoms with van der Waals surface area (Å²) in [5.41, 5.74) is 9.41. The summed E-state index contributed by atoms with van der Waals surface area (Å²) < 4.78 is 0. The number of amides is 2. The molecule has 0 rings (SSSR count). The van der Waals surface area contributed by atoms with E-state index in [1.54, 1.807) is 13.8 Å². The minimum Gasteiger partial charge on any atom is -0.409 e. The highest BCUT2D eigenvalue weighted by Crippen LogP contribution is 2.11. The number of carbonyl (C=O) groups excluding carboxylic acids is 2. The molecule has 0 bridgehead atoms. The van der Waals surface area contributed by atoms with Crippen LogP contribution in [0.1, 0.15) is 20.3 Å². The van der Waals surface area contributed by atoms with Gasteiger partial charge in [-0.15, -0.1) is 0 Å². The maximum atomic E-state index is 11.1. The Morgan fingerprint density at radius 2 is 1.93 bits per heavy atom. The van der Waals surface area contributed by atoms with E-state index in [2.05, 4.69) is 10.5 Å². The first kappa shape index (κ1) is 13.2. The fourth-order valence-corrected chi connectivity index (χ4v) is 0.669. The van der Waals surface area contributed by atoms with Gasteiger partial charge >= 0.3 is 0 Å². The van der Waals surface area contributed by atoms with Crippen LogP contribution in [0.3, 0.4) is 0 Å².